The number of carbonyl (C=O) groups is 1. The van der Waals surface area contributed by atoms with E-state index in [-0.39, 0.29) is 5.91 Å². The number of anilines is 1. The molecule has 0 spiro atoms. The predicted molar refractivity (Wildman–Crippen MR) is 98.5 cm³/mol. The number of aromatic nitrogens is 1. The SMILES string of the molecule is CCN(CC)c1cncc(C(=O)NCc2ccc(OC)c(OC)c2)c1. The molecule has 1 aromatic heterocycles. The summed E-state index contributed by atoms with van der Waals surface area (Å²) >= 11 is 0. The lowest BCUT2D eigenvalue weighted by molar-refractivity contribution is 0.0950. The fraction of sp³-hybridized carbons (Fsp3) is 0.368. The van der Waals surface area contributed by atoms with Crippen molar-refractivity contribution < 1.29 is 14.3 Å². The topological polar surface area (TPSA) is 63.7 Å². The minimum absolute atomic E-state index is 0.156. The molecule has 0 saturated carbocycles. The average Bonchev–Trinajstić information content (AvgIpc) is 2.67. The van der Waals surface area contributed by atoms with Crippen molar-refractivity contribution in [3.63, 3.8) is 0 Å². The Labute approximate surface area is 148 Å². The van der Waals surface area contributed by atoms with Crippen molar-refractivity contribution in [1.29, 1.82) is 0 Å². The molecule has 6 heteroatoms. The Morgan fingerprint density at radius 1 is 1.08 bits per heavy atom. The first-order chi connectivity index (χ1) is 12.1. The zero-order valence-corrected chi connectivity index (χ0v) is 15.2. The maximum atomic E-state index is 12.4. The minimum atomic E-state index is -0.156. The first-order valence-electron chi connectivity index (χ1n) is 8.32. The van der Waals surface area contributed by atoms with Gasteiger partial charge in [-0.3, -0.25) is 9.78 Å². The van der Waals surface area contributed by atoms with Gasteiger partial charge in [-0.05, 0) is 37.6 Å². The lowest BCUT2D eigenvalue weighted by Gasteiger charge is -2.20. The Hall–Kier alpha value is -2.76. The number of carbonyl (C=O) groups excluding carboxylic acids is 1. The van der Waals surface area contributed by atoms with Crippen LogP contribution in [0, 0.1) is 0 Å². The third-order valence-corrected chi connectivity index (χ3v) is 4.02. The quantitative estimate of drug-likeness (QED) is 0.798. The van der Waals surface area contributed by atoms with Gasteiger partial charge in [-0.2, -0.15) is 0 Å². The molecule has 134 valence electrons. The molecule has 25 heavy (non-hydrogen) atoms. The van der Waals surface area contributed by atoms with Crippen molar-refractivity contribution in [3.05, 3.63) is 47.8 Å². The molecule has 0 unspecified atom stereocenters. The van der Waals surface area contributed by atoms with Crippen LogP contribution in [0.5, 0.6) is 11.5 Å². The van der Waals surface area contributed by atoms with Crippen LogP contribution < -0.4 is 19.7 Å². The fourth-order valence-corrected chi connectivity index (χ4v) is 2.59. The Morgan fingerprint density at radius 2 is 1.80 bits per heavy atom. The van der Waals surface area contributed by atoms with Crippen molar-refractivity contribution in [1.82, 2.24) is 10.3 Å². The molecule has 0 aliphatic heterocycles. The number of pyridine rings is 1. The van der Waals surface area contributed by atoms with Gasteiger partial charge in [0.1, 0.15) is 0 Å². The molecule has 1 N–H and O–H groups in total. The minimum Gasteiger partial charge on any atom is -0.493 e. The van der Waals surface area contributed by atoms with E-state index in [4.69, 9.17) is 9.47 Å². The number of hydrogen-bond donors (Lipinski definition) is 1. The second-order valence-corrected chi connectivity index (χ2v) is 5.48. The van der Waals surface area contributed by atoms with E-state index in [1.165, 1.54) is 0 Å². The molecule has 0 atom stereocenters. The number of nitrogens with one attached hydrogen (secondary N) is 1. The summed E-state index contributed by atoms with van der Waals surface area (Å²) in [7, 11) is 3.18. The summed E-state index contributed by atoms with van der Waals surface area (Å²) < 4.78 is 10.5. The van der Waals surface area contributed by atoms with Gasteiger partial charge in [0.25, 0.3) is 5.91 Å². The third-order valence-electron chi connectivity index (χ3n) is 4.02. The van der Waals surface area contributed by atoms with Gasteiger partial charge in [0.2, 0.25) is 0 Å². The highest BCUT2D eigenvalue weighted by atomic mass is 16.5. The van der Waals surface area contributed by atoms with Crippen LogP contribution in [0.1, 0.15) is 29.8 Å². The van der Waals surface area contributed by atoms with E-state index in [0.29, 0.717) is 23.6 Å². The first-order valence-corrected chi connectivity index (χ1v) is 8.32. The lowest BCUT2D eigenvalue weighted by atomic mass is 10.2. The van der Waals surface area contributed by atoms with Crippen molar-refractivity contribution in [2.24, 2.45) is 0 Å². The number of benzene rings is 1. The molecule has 0 bridgehead atoms. The normalized spacial score (nSPS) is 10.2. The highest BCUT2D eigenvalue weighted by Crippen LogP contribution is 2.27. The standard InChI is InChI=1S/C19H25N3O3/c1-5-22(6-2)16-10-15(12-20-13-16)19(23)21-11-14-7-8-17(24-3)18(9-14)25-4/h7-10,12-13H,5-6,11H2,1-4H3,(H,21,23). The summed E-state index contributed by atoms with van der Waals surface area (Å²) in [5, 5.41) is 2.91. The van der Waals surface area contributed by atoms with Crippen molar-refractivity contribution in [2.75, 3.05) is 32.2 Å². The summed E-state index contributed by atoms with van der Waals surface area (Å²) in [6, 6.07) is 7.43. The highest BCUT2D eigenvalue weighted by molar-refractivity contribution is 5.94. The van der Waals surface area contributed by atoms with Crippen molar-refractivity contribution in [3.8, 4) is 11.5 Å². The lowest BCUT2D eigenvalue weighted by Crippen LogP contribution is -2.25. The third kappa shape index (κ3) is 4.62. The smallest absolute Gasteiger partial charge is 0.253 e. The van der Waals surface area contributed by atoms with E-state index in [1.807, 2.05) is 24.3 Å². The molecule has 1 heterocycles. The fourth-order valence-electron chi connectivity index (χ4n) is 2.59. The molecule has 2 rings (SSSR count). The number of ether oxygens (including phenoxy) is 2. The zero-order chi connectivity index (χ0) is 18.2. The van der Waals surface area contributed by atoms with Crippen LogP contribution in [0.4, 0.5) is 5.69 Å². The van der Waals surface area contributed by atoms with Crippen LogP contribution in [0.2, 0.25) is 0 Å². The predicted octanol–water partition coefficient (Wildman–Crippen LogP) is 2.88. The van der Waals surface area contributed by atoms with Crippen LogP contribution in [0.3, 0.4) is 0 Å². The van der Waals surface area contributed by atoms with E-state index < -0.39 is 0 Å². The maximum absolute atomic E-state index is 12.4. The van der Waals surface area contributed by atoms with E-state index in [9.17, 15) is 4.79 Å². The van der Waals surface area contributed by atoms with Gasteiger partial charge in [0.05, 0.1) is 31.7 Å². The van der Waals surface area contributed by atoms with Gasteiger partial charge in [-0.1, -0.05) is 6.07 Å². The number of methoxy groups -OCH3 is 2. The van der Waals surface area contributed by atoms with Crippen LogP contribution in [0.25, 0.3) is 0 Å². The molecule has 0 fully saturated rings. The number of nitrogens with zero attached hydrogens (tertiary/aromatic N) is 2. The number of rotatable bonds is 8. The molecular weight excluding hydrogens is 318 g/mol. The maximum Gasteiger partial charge on any atom is 0.253 e. The summed E-state index contributed by atoms with van der Waals surface area (Å²) in [5.41, 5.74) is 2.42. The second-order valence-electron chi connectivity index (χ2n) is 5.48. The zero-order valence-electron chi connectivity index (χ0n) is 15.2. The van der Waals surface area contributed by atoms with Gasteiger partial charge in [-0.25, -0.2) is 0 Å². The second kappa shape index (κ2) is 8.92. The van der Waals surface area contributed by atoms with Crippen molar-refractivity contribution >= 4 is 11.6 Å². The Bertz CT molecular complexity index is 715. The van der Waals surface area contributed by atoms with E-state index in [0.717, 1.165) is 24.3 Å². The molecule has 1 aromatic carbocycles. The monoisotopic (exact) mass is 343 g/mol. The van der Waals surface area contributed by atoms with Crippen LogP contribution in [0.15, 0.2) is 36.7 Å². The van der Waals surface area contributed by atoms with Crippen LogP contribution in [-0.2, 0) is 6.54 Å². The largest absolute Gasteiger partial charge is 0.493 e. The van der Waals surface area contributed by atoms with E-state index in [2.05, 4.69) is 29.0 Å². The van der Waals surface area contributed by atoms with Gasteiger partial charge < -0.3 is 19.7 Å². The average molecular weight is 343 g/mol. The van der Waals surface area contributed by atoms with Crippen LogP contribution >= 0.6 is 0 Å². The molecular formula is C19H25N3O3. The molecule has 0 saturated heterocycles. The molecule has 0 aliphatic carbocycles. The molecule has 1 amide bonds. The van der Waals surface area contributed by atoms with Gasteiger partial charge in [0, 0.05) is 25.8 Å². The summed E-state index contributed by atoms with van der Waals surface area (Å²) in [6.45, 7) is 6.29. The number of amides is 1. The molecule has 2 aromatic rings. The molecule has 0 radical (unpaired) electrons. The van der Waals surface area contributed by atoms with Gasteiger partial charge in [-0.15, -0.1) is 0 Å². The summed E-state index contributed by atoms with van der Waals surface area (Å²) in [4.78, 5) is 18.8. The van der Waals surface area contributed by atoms with E-state index >= 15 is 0 Å². The van der Waals surface area contributed by atoms with Crippen molar-refractivity contribution in [2.45, 2.75) is 20.4 Å². The Balaban J connectivity index is 2.06. The van der Waals surface area contributed by atoms with Gasteiger partial charge in [0.15, 0.2) is 11.5 Å². The Kier molecular flexibility index (Phi) is 6.62. The van der Waals surface area contributed by atoms with E-state index in [1.54, 1.807) is 26.6 Å². The summed E-state index contributed by atoms with van der Waals surface area (Å²) in [5.74, 6) is 1.14. The molecule has 6 nitrogen and oxygen atoms in total. The number of hydrogen-bond acceptors (Lipinski definition) is 5. The van der Waals surface area contributed by atoms with Crippen LogP contribution in [-0.4, -0.2) is 38.2 Å². The van der Waals surface area contributed by atoms with Gasteiger partial charge >= 0.3 is 0 Å². The highest BCUT2D eigenvalue weighted by Gasteiger charge is 2.10. The first kappa shape index (κ1) is 18.6. The molecule has 0 aliphatic rings. The summed E-state index contributed by atoms with van der Waals surface area (Å²) in [6.07, 6.45) is 3.36. The Morgan fingerprint density at radius 3 is 2.44 bits per heavy atom.